The number of aliphatic hydroxyl groups is 10. The number of amides is 3. The van der Waals surface area contributed by atoms with Gasteiger partial charge in [0.05, 0.1) is 115 Å². The van der Waals surface area contributed by atoms with Crippen LogP contribution in [0.15, 0.2) is 12.7 Å². The number of carbonyl (C=O) groups is 8. The Kier molecular flexibility index (Phi) is 48.7. The molecule has 8 unspecified atom stereocenters. The molecule has 129 heavy (non-hydrogen) atoms. The molecule has 5 aliphatic rings. The third kappa shape index (κ3) is 37.0. The predicted molar refractivity (Wildman–Crippen MR) is 456 cm³/mol. The molecule has 0 aliphatic carbocycles. The van der Waals surface area contributed by atoms with Crippen LogP contribution >= 0.6 is 15.4 Å². The molecule has 738 valence electrons. The summed E-state index contributed by atoms with van der Waals surface area (Å²) in [6, 6.07) is -1.13. The Morgan fingerprint density at radius 1 is 0.512 bits per heavy atom. The quantitative estimate of drug-likeness (QED) is 0.0256. The summed E-state index contributed by atoms with van der Waals surface area (Å²) < 4.78 is 104. The van der Waals surface area contributed by atoms with E-state index < -0.39 is 226 Å². The molecular weight excluding hydrogens is 1740 g/mol. The smallest absolute Gasteiger partial charge is 0.394 e. The summed E-state index contributed by atoms with van der Waals surface area (Å²) in [6.07, 6.45) is -7.59. The number of ether oxygens (including phenoxy) is 10. The van der Waals surface area contributed by atoms with Crippen molar-refractivity contribution in [1.29, 1.82) is 0 Å². The maximum atomic E-state index is 14.6. The number of likely N-dealkylation sites (tertiary alicyclic amines) is 1. The Hall–Kier alpha value is -5.43. The van der Waals surface area contributed by atoms with Gasteiger partial charge in [0.25, 0.3) is 0 Å². The number of nitrogens with zero attached hydrogens (tertiary/aromatic N) is 5. The van der Waals surface area contributed by atoms with Crippen molar-refractivity contribution in [3.63, 3.8) is 0 Å². The second kappa shape index (κ2) is 56.8. The molecule has 5 aliphatic heterocycles. The van der Waals surface area contributed by atoms with Crippen LogP contribution in [0.1, 0.15) is 221 Å². The van der Waals surface area contributed by atoms with Crippen molar-refractivity contribution in [1.82, 2.24) is 35.1 Å². The van der Waals surface area contributed by atoms with Crippen molar-refractivity contribution in [3.8, 4) is 0 Å². The predicted octanol–water partition coefficient (Wildman–Crippen LogP) is 2.05. The van der Waals surface area contributed by atoms with Gasteiger partial charge in [-0.05, 0) is 83.5 Å². The molecule has 2 aromatic heterocycles. The fourth-order valence-corrected chi connectivity index (χ4v) is 17.2. The van der Waals surface area contributed by atoms with Crippen molar-refractivity contribution in [2.75, 3.05) is 111 Å². The maximum absolute atomic E-state index is 14.6. The first kappa shape index (κ1) is 111. The fourth-order valence-electron chi connectivity index (χ4n) is 15.6. The number of hydrogen-bond donors (Lipinski definition) is 15. The van der Waals surface area contributed by atoms with E-state index in [0.29, 0.717) is 103 Å². The van der Waals surface area contributed by atoms with Crippen LogP contribution in [0.2, 0.25) is 0 Å². The van der Waals surface area contributed by atoms with Crippen molar-refractivity contribution >= 4 is 79.0 Å². The number of anilines is 1. The number of phosphoric ester groups is 1. The monoisotopic (exact) mass is 1880 g/mol. The molecule has 43 nitrogen and oxygen atoms in total. The van der Waals surface area contributed by atoms with Gasteiger partial charge in [-0.1, -0.05) is 47.5 Å². The molecule has 2 aromatic rings. The van der Waals surface area contributed by atoms with E-state index in [2.05, 4.69) is 25.6 Å². The van der Waals surface area contributed by atoms with Gasteiger partial charge in [-0.3, -0.25) is 56.5 Å². The SMILES string of the molecule is CC1[C@H](OCCCCC(=O)CCCCCC(=O)CCOCC(COCCC(=O)CCCCCC(=O)CCCCO[C@@H]2OC(CO)[C@H](O)[C@H](O)C2C)(COCCC(=O)NCCCCC(=O)CCCCO[C@@H]2OC(CO)[C@H](O)[C@H](O)C2C)NC(=O)CC(=O)N2C[C@@H](O)C[C@@H]2COP(=O)(O)O[C@H]2C[C@H](n3cnc4c(N)ncnc43)O[C@@H]2COP(=O)(O)C(C)C)OC(CO)[C@H](O)[C@@H]1O. The number of imidazole rings is 1. The summed E-state index contributed by atoms with van der Waals surface area (Å²) in [5.74, 6) is -4.15. The molecule has 5 saturated heterocycles. The number of aromatic nitrogens is 4. The minimum absolute atomic E-state index is 0.00454. The van der Waals surface area contributed by atoms with E-state index in [4.69, 9.17) is 66.7 Å². The zero-order valence-electron chi connectivity index (χ0n) is 74.9. The molecular formula is C84H142N8O35P2. The number of ketones is 5. The fraction of sp³-hybridized carbons (Fsp3) is 0.845. The average Bonchev–Trinajstić information content (AvgIpc) is 1.63. The second-order valence-corrected chi connectivity index (χ2v) is 38.4. The molecule has 45 heteroatoms. The topological polar surface area (TPSA) is 630 Å². The van der Waals surface area contributed by atoms with Crippen LogP contribution in [-0.2, 0) is 108 Å². The molecule has 0 radical (unpaired) electrons. The third-order valence-electron chi connectivity index (χ3n) is 23.7. The van der Waals surface area contributed by atoms with Crippen LogP contribution in [0, 0.1) is 17.8 Å². The summed E-state index contributed by atoms with van der Waals surface area (Å²) >= 11 is 0. The van der Waals surface area contributed by atoms with Gasteiger partial charge in [0.1, 0.15) is 108 Å². The molecule has 7 rings (SSSR count). The van der Waals surface area contributed by atoms with E-state index in [1.54, 1.807) is 20.8 Å². The zero-order valence-corrected chi connectivity index (χ0v) is 76.6. The Morgan fingerprint density at radius 3 is 1.38 bits per heavy atom. The van der Waals surface area contributed by atoms with E-state index in [-0.39, 0.29) is 169 Å². The number of aliphatic hydroxyl groups excluding tert-OH is 10. The highest BCUT2D eigenvalue weighted by atomic mass is 31.2. The third-order valence-corrected chi connectivity index (χ3v) is 26.6. The molecule has 7 heterocycles. The summed E-state index contributed by atoms with van der Waals surface area (Å²) in [5.41, 5.74) is 3.91. The first-order valence-corrected chi connectivity index (χ1v) is 48.4. The van der Waals surface area contributed by atoms with Gasteiger partial charge < -0.3 is 134 Å². The summed E-state index contributed by atoms with van der Waals surface area (Å²) in [4.78, 5) is 143. The molecule has 0 spiro atoms. The van der Waals surface area contributed by atoms with Crippen LogP contribution in [0.5, 0.6) is 0 Å². The summed E-state index contributed by atoms with van der Waals surface area (Å²) in [7, 11) is -9.41. The number of β-amino-alcohol motifs (C(OH)–C–C–N with tert-alkyl or cyclic N) is 1. The number of unbranched alkanes of at least 4 members (excludes halogenated alkanes) is 8. The minimum Gasteiger partial charge on any atom is -0.394 e. The van der Waals surface area contributed by atoms with Crippen molar-refractivity contribution in [2.45, 2.75) is 330 Å². The van der Waals surface area contributed by atoms with Crippen LogP contribution < -0.4 is 16.4 Å². The van der Waals surface area contributed by atoms with Gasteiger partial charge in [-0.15, -0.1) is 0 Å². The number of rotatable bonds is 66. The van der Waals surface area contributed by atoms with Crippen LogP contribution in [0.25, 0.3) is 11.2 Å². The van der Waals surface area contributed by atoms with Gasteiger partial charge in [-0.25, -0.2) is 19.5 Å². The minimum atomic E-state index is -5.18. The Bertz CT molecular complexity index is 3620. The number of fused-ring (bicyclic) bond motifs is 1. The first-order valence-electron chi connectivity index (χ1n) is 45.3. The molecule has 0 saturated carbocycles. The Labute approximate surface area is 752 Å². The highest BCUT2D eigenvalue weighted by Crippen LogP contribution is 2.52. The van der Waals surface area contributed by atoms with Crippen molar-refractivity contribution in [3.05, 3.63) is 12.7 Å². The highest BCUT2D eigenvalue weighted by Gasteiger charge is 2.48. The number of nitrogen functional groups attached to an aromatic ring is 1. The van der Waals surface area contributed by atoms with Gasteiger partial charge in [0.15, 0.2) is 30.3 Å². The lowest BCUT2D eigenvalue weighted by Gasteiger charge is -2.40. The van der Waals surface area contributed by atoms with Gasteiger partial charge in [0, 0.05) is 128 Å². The van der Waals surface area contributed by atoms with Gasteiger partial charge >= 0.3 is 15.4 Å². The average molecular weight is 1890 g/mol. The first-order chi connectivity index (χ1) is 61.5. The van der Waals surface area contributed by atoms with E-state index in [9.17, 15) is 108 Å². The van der Waals surface area contributed by atoms with Gasteiger partial charge in [0.2, 0.25) is 17.7 Å². The van der Waals surface area contributed by atoms with E-state index in [0.717, 1.165) is 4.90 Å². The number of phosphoric acid groups is 1. The lowest BCUT2D eigenvalue weighted by Crippen LogP contribution is -2.59. The lowest BCUT2D eigenvalue weighted by atomic mass is 9.92. The van der Waals surface area contributed by atoms with Crippen LogP contribution in [-0.4, -0.2) is 347 Å². The molecule has 0 bridgehead atoms. The number of carbonyl (C=O) groups excluding carboxylic acids is 8. The van der Waals surface area contributed by atoms with E-state index >= 15 is 0 Å². The molecule has 0 aromatic carbocycles. The molecule has 3 amide bonds. The Morgan fingerprint density at radius 2 is 0.938 bits per heavy atom. The normalized spacial score (nSPS) is 28.1. The number of nitrogens with two attached hydrogens (primary N) is 1. The molecule has 16 N–H and O–H groups in total. The van der Waals surface area contributed by atoms with E-state index in [1.807, 2.05) is 0 Å². The lowest BCUT2D eigenvalue weighted by molar-refractivity contribution is -0.282. The largest absolute Gasteiger partial charge is 0.472 e. The zero-order chi connectivity index (χ0) is 94.4. The molecule has 22 atom stereocenters. The maximum Gasteiger partial charge on any atom is 0.472 e. The van der Waals surface area contributed by atoms with E-state index in [1.165, 1.54) is 31.1 Å². The van der Waals surface area contributed by atoms with Crippen molar-refractivity contribution in [2.24, 2.45) is 17.8 Å². The van der Waals surface area contributed by atoms with Gasteiger partial charge in [-0.2, -0.15) is 0 Å². The summed E-state index contributed by atoms with van der Waals surface area (Å²) in [5, 5.41) is 107. The summed E-state index contributed by atoms with van der Waals surface area (Å²) in [6.45, 7) is 3.69. The number of hydrogen-bond acceptors (Lipinski definition) is 37. The Balaban J connectivity index is 0.953. The highest BCUT2D eigenvalue weighted by molar-refractivity contribution is 7.53. The molecule has 5 fully saturated rings. The number of Topliss-reactive ketones (excluding diaryl/α,β-unsaturated/α-hetero) is 5. The number of nitrogens with one attached hydrogen (secondary N) is 2. The van der Waals surface area contributed by atoms with Crippen molar-refractivity contribution < 1.29 is 169 Å². The standard InChI is InChI=1S/C84H142N8O35P2/c1-52(2)128(111,112)121-46-67-63(39-71(123-67)92-51-89-72-79(85)87-50-88-80(72)92)127-129(113,114)122-45-56-38-62(101)41-91(56)70(104)40-69(103)90-84(47-115-35-28-60(99)22-10-6-8-20-57(96)25-13-17-32-118-81-53(3)73(105)76(108)64(42-93)124-81,48-116-36-29-61(100)23-11-7-9-21-58(97)26-14-18-33-119-82-54(4)74(106)77(109)65(43-94)125-82)49-117-37-30-68(102)86-31-16-12-24-59(98)27-15-19-34-120-83-55(5)75(107)78(110)66(44-95)126-83/h50-56,62-67,71,73-78,81-83,93-95,101,105-110H,6-49H2,1-5H3,(H,86,102)(H,90,103)(H,111,112)(H,113,114)(H2,85,87,88)/t53?,54?,55?,56-,62+,63+,64?,65?,66?,67-,71-,73-,74-,75-,76+,77+,78+,81-,82-,83-,84?/m1/s1. The second-order valence-electron chi connectivity index (χ2n) is 34.6. The van der Waals surface area contributed by atoms with Crippen LogP contribution in [0.4, 0.5) is 5.82 Å². The van der Waals surface area contributed by atoms with Crippen LogP contribution in [0.3, 0.4) is 0 Å².